The first-order valence-corrected chi connectivity index (χ1v) is 8.21. The number of carbonyl (C=O) groups is 1. The van der Waals surface area contributed by atoms with E-state index in [4.69, 9.17) is 0 Å². The number of benzene rings is 1. The van der Waals surface area contributed by atoms with E-state index < -0.39 is 6.10 Å². The van der Waals surface area contributed by atoms with Crippen LogP contribution in [-0.2, 0) is 4.79 Å². The summed E-state index contributed by atoms with van der Waals surface area (Å²) in [5, 5.41) is 10.4. The number of nitrogens with zero attached hydrogens (tertiary/aromatic N) is 2. The molecule has 4 heteroatoms. The molecule has 2 atom stereocenters. The fourth-order valence-electron chi connectivity index (χ4n) is 3.01. The molecule has 0 aromatic heterocycles. The molecule has 1 aromatic carbocycles. The van der Waals surface area contributed by atoms with Crippen LogP contribution in [0.3, 0.4) is 0 Å². The Bertz CT molecular complexity index is 475. The van der Waals surface area contributed by atoms with E-state index in [1.54, 1.807) is 4.90 Å². The van der Waals surface area contributed by atoms with E-state index in [9.17, 15) is 9.90 Å². The van der Waals surface area contributed by atoms with Gasteiger partial charge in [0.05, 0.1) is 12.6 Å². The lowest BCUT2D eigenvalue weighted by molar-refractivity contribution is -0.132. The molecule has 0 radical (unpaired) electrons. The largest absolute Gasteiger partial charge is 0.388 e. The molecule has 0 aliphatic carbocycles. The Morgan fingerprint density at radius 2 is 2.05 bits per heavy atom. The maximum atomic E-state index is 12.3. The maximum Gasteiger partial charge on any atom is 0.236 e. The summed E-state index contributed by atoms with van der Waals surface area (Å²) in [6, 6.07) is 10.3. The van der Waals surface area contributed by atoms with E-state index in [0.717, 1.165) is 24.9 Å². The van der Waals surface area contributed by atoms with Gasteiger partial charge >= 0.3 is 0 Å². The second-order valence-corrected chi connectivity index (χ2v) is 6.53. The molecule has 22 heavy (non-hydrogen) atoms. The zero-order valence-electron chi connectivity index (χ0n) is 13.9. The van der Waals surface area contributed by atoms with Crippen molar-refractivity contribution in [2.24, 2.45) is 0 Å². The van der Waals surface area contributed by atoms with Gasteiger partial charge in [0.2, 0.25) is 5.91 Å². The minimum atomic E-state index is -0.454. The summed E-state index contributed by atoms with van der Waals surface area (Å²) in [4.78, 5) is 16.3. The molecule has 1 aromatic rings. The van der Waals surface area contributed by atoms with Gasteiger partial charge in [0.1, 0.15) is 0 Å². The van der Waals surface area contributed by atoms with Gasteiger partial charge in [-0.25, -0.2) is 0 Å². The smallest absolute Gasteiger partial charge is 0.236 e. The first-order valence-electron chi connectivity index (χ1n) is 8.21. The lowest BCUT2D eigenvalue weighted by Gasteiger charge is -2.29. The monoisotopic (exact) mass is 304 g/mol. The fraction of sp³-hybridized carbons (Fsp3) is 0.611. The lowest BCUT2D eigenvalue weighted by Crippen LogP contribution is -2.43. The van der Waals surface area contributed by atoms with Crippen molar-refractivity contribution in [2.75, 3.05) is 20.1 Å². The third-order valence-corrected chi connectivity index (χ3v) is 4.69. The van der Waals surface area contributed by atoms with Crippen molar-refractivity contribution in [3.05, 3.63) is 35.9 Å². The number of aliphatic hydroxyl groups is 1. The number of hydrogen-bond donors (Lipinski definition) is 1. The standard InChI is InChI=1S/C18H28N2O2/c1-14(2)19(3)18(22)13-20-11-7-10-16(20)12-17(21)15-8-5-4-6-9-15/h4-6,8-9,14,16-17,21H,7,10-13H2,1-3H3. The molecule has 1 N–H and O–H groups in total. The van der Waals surface area contributed by atoms with Crippen molar-refractivity contribution in [3.8, 4) is 0 Å². The van der Waals surface area contributed by atoms with Crippen molar-refractivity contribution in [3.63, 3.8) is 0 Å². The van der Waals surface area contributed by atoms with Crippen LogP contribution in [0, 0.1) is 0 Å². The number of amides is 1. The van der Waals surface area contributed by atoms with Crippen LogP contribution < -0.4 is 0 Å². The highest BCUT2D eigenvalue weighted by molar-refractivity contribution is 5.78. The molecule has 1 fully saturated rings. The van der Waals surface area contributed by atoms with Gasteiger partial charge in [0, 0.05) is 19.1 Å². The van der Waals surface area contributed by atoms with E-state index in [0.29, 0.717) is 19.0 Å². The predicted molar refractivity (Wildman–Crippen MR) is 88.5 cm³/mol. The van der Waals surface area contributed by atoms with Gasteiger partial charge in [-0.15, -0.1) is 0 Å². The molecule has 1 heterocycles. The zero-order chi connectivity index (χ0) is 16.1. The molecule has 1 aliphatic rings. The van der Waals surface area contributed by atoms with Gasteiger partial charge in [-0.3, -0.25) is 9.69 Å². The minimum Gasteiger partial charge on any atom is -0.388 e. The molecule has 2 unspecified atom stereocenters. The lowest BCUT2D eigenvalue weighted by atomic mass is 10.0. The average Bonchev–Trinajstić information content (AvgIpc) is 2.94. The Morgan fingerprint density at radius 1 is 1.36 bits per heavy atom. The second kappa shape index (κ2) is 7.75. The first kappa shape index (κ1) is 17.0. The van der Waals surface area contributed by atoms with Crippen LogP contribution in [0.5, 0.6) is 0 Å². The van der Waals surface area contributed by atoms with E-state index in [1.807, 2.05) is 51.2 Å². The second-order valence-electron chi connectivity index (χ2n) is 6.53. The summed E-state index contributed by atoms with van der Waals surface area (Å²) in [5.41, 5.74) is 0.958. The topological polar surface area (TPSA) is 43.8 Å². The molecular weight excluding hydrogens is 276 g/mol. The van der Waals surface area contributed by atoms with Crippen molar-refractivity contribution in [2.45, 2.75) is 51.3 Å². The summed E-state index contributed by atoms with van der Waals surface area (Å²) in [5.74, 6) is 0.163. The van der Waals surface area contributed by atoms with E-state index in [2.05, 4.69) is 4.90 Å². The van der Waals surface area contributed by atoms with Gasteiger partial charge in [0.15, 0.2) is 0 Å². The fourth-order valence-corrected chi connectivity index (χ4v) is 3.01. The number of likely N-dealkylation sites (N-methyl/N-ethyl adjacent to an activating group) is 1. The summed E-state index contributed by atoms with van der Waals surface area (Å²) in [7, 11) is 1.86. The Morgan fingerprint density at radius 3 is 2.68 bits per heavy atom. The van der Waals surface area contributed by atoms with Gasteiger partial charge < -0.3 is 10.0 Å². The van der Waals surface area contributed by atoms with Crippen LogP contribution in [0.2, 0.25) is 0 Å². The van der Waals surface area contributed by atoms with Crippen LogP contribution in [0.15, 0.2) is 30.3 Å². The molecule has 0 saturated carbocycles. The average molecular weight is 304 g/mol. The molecule has 4 nitrogen and oxygen atoms in total. The van der Waals surface area contributed by atoms with Crippen LogP contribution in [0.25, 0.3) is 0 Å². The minimum absolute atomic E-state index is 0.163. The van der Waals surface area contributed by atoms with Crippen molar-refractivity contribution in [1.82, 2.24) is 9.80 Å². The third kappa shape index (κ3) is 4.31. The zero-order valence-corrected chi connectivity index (χ0v) is 13.9. The molecule has 0 bridgehead atoms. The number of likely N-dealkylation sites (tertiary alicyclic amines) is 1. The SMILES string of the molecule is CC(C)N(C)C(=O)CN1CCCC1CC(O)c1ccccc1. The van der Waals surface area contributed by atoms with Crippen LogP contribution in [-0.4, -0.2) is 53.0 Å². The third-order valence-electron chi connectivity index (χ3n) is 4.69. The Balaban J connectivity index is 1.92. The van der Waals surface area contributed by atoms with Crippen molar-refractivity contribution in [1.29, 1.82) is 0 Å². The number of aliphatic hydroxyl groups excluding tert-OH is 1. The summed E-state index contributed by atoms with van der Waals surface area (Å²) >= 11 is 0. The number of rotatable bonds is 6. The van der Waals surface area contributed by atoms with Gasteiger partial charge in [-0.1, -0.05) is 30.3 Å². The van der Waals surface area contributed by atoms with Gasteiger partial charge in [-0.05, 0) is 45.2 Å². The van der Waals surface area contributed by atoms with Crippen molar-refractivity contribution >= 4 is 5.91 Å². The highest BCUT2D eigenvalue weighted by Gasteiger charge is 2.29. The van der Waals surface area contributed by atoms with Crippen LogP contribution in [0.1, 0.15) is 44.8 Å². The number of hydrogen-bond acceptors (Lipinski definition) is 3. The van der Waals surface area contributed by atoms with Gasteiger partial charge in [0.25, 0.3) is 0 Å². The molecule has 1 saturated heterocycles. The molecule has 1 aliphatic heterocycles. The molecular formula is C18H28N2O2. The molecule has 122 valence electrons. The summed E-state index contributed by atoms with van der Waals surface area (Å²) < 4.78 is 0. The normalized spacial score (nSPS) is 20.3. The molecule has 2 rings (SSSR count). The highest BCUT2D eigenvalue weighted by atomic mass is 16.3. The van der Waals surface area contributed by atoms with Gasteiger partial charge in [-0.2, -0.15) is 0 Å². The predicted octanol–water partition coefficient (Wildman–Crippen LogP) is 2.44. The van der Waals surface area contributed by atoms with Crippen LogP contribution >= 0.6 is 0 Å². The summed E-state index contributed by atoms with van der Waals surface area (Å²) in [6.07, 6.45) is 2.40. The quantitative estimate of drug-likeness (QED) is 0.878. The Labute approximate surface area is 133 Å². The maximum absolute atomic E-state index is 12.3. The Kier molecular flexibility index (Phi) is 5.98. The number of carbonyl (C=O) groups excluding carboxylic acids is 1. The van der Waals surface area contributed by atoms with Crippen LogP contribution in [0.4, 0.5) is 0 Å². The van der Waals surface area contributed by atoms with Crippen molar-refractivity contribution < 1.29 is 9.90 Å². The molecule has 1 amide bonds. The Hall–Kier alpha value is -1.39. The molecule has 0 spiro atoms. The summed E-state index contributed by atoms with van der Waals surface area (Å²) in [6.45, 7) is 5.46. The van der Waals surface area contributed by atoms with E-state index in [1.165, 1.54) is 0 Å². The van der Waals surface area contributed by atoms with E-state index in [-0.39, 0.29) is 11.9 Å². The van der Waals surface area contributed by atoms with E-state index >= 15 is 0 Å². The first-order chi connectivity index (χ1) is 10.5. The highest BCUT2D eigenvalue weighted by Crippen LogP contribution is 2.27.